The van der Waals surface area contributed by atoms with E-state index in [0.29, 0.717) is 5.82 Å². The van der Waals surface area contributed by atoms with Crippen LogP contribution in [0, 0.1) is 0 Å². The van der Waals surface area contributed by atoms with Crippen molar-refractivity contribution in [3.05, 3.63) is 0 Å². The molecule has 0 aromatic carbocycles. The first kappa shape index (κ1) is 14.0. The van der Waals surface area contributed by atoms with Crippen LogP contribution in [0.2, 0.25) is 0 Å². The highest BCUT2D eigenvalue weighted by Gasteiger charge is 2.09. The predicted molar refractivity (Wildman–Crippen MR) is 75.8 cm³/mol. The second kappa shape index (κ2) is 8.05. The van der Waals surface area contributed by atoms with Gasteiger partial charge in [0.05, 0.1) is 4.90 Å². The van der Waals surface area contributed by atoms with E-state index < -0.39 is 0 Å². The van der Waals surface area contributed by atoms with Gasteiger partial charge in [-0.05, 0) is 30.0 Å². The summed E-state index contributed by atoms with van der Waals surface area (Å²) in [5.74, 6) is 2.66. The molecule has 0 saturated heterocycles. The van der Waals surface area contributed by atoms with Gasteiger partial charge >= 0.3 is 0 Å². The Bertz CT molecular complexity index is 306. The number of aliphatic hydroxyl groups is 1. The summed E-state index contributed by atoms with van der Waals surface area (Å²) in [6.07, 6.45) is 2.87. The molecule has 0 atom stereocenters. The topological polar surface area (TPSA) is 71.2 Å². The Morgan fingerprint density at radius 1 is 1.50 bits per heavy atom. The molecule has 1 aromatic rings. The molecule has 0 bridgehead atoms. The van der Waals surface area contributed by atoms with E-state index in [0.717, 1.165) is 34.4 Å². The van der Waals surface area contributed by atoms with Gasteiger partial charge in [-0.15, -0.1) is 11.8 Å². The SMILES string of the molecule is CSc1c(N)nsc1NCCSCCCO. The second-order valence-corrected chi connectivity index (χ2v) is 5.86. The van der Waals surface area contributed by atoms with Crippen molar-refractivity contribution in [1.29, 1.82) is 0 Å². The minimum Gasteiger partial charge on any atom is -0.396 e. The number of aliphatic hydroxyl groups excluding tert-OH is 1. The molecule has 0 radical (unpaired) electrons. The number of nitrogens with one attached hydrogen (secondary N) is 1. The van der Waals surface area contributed by atoms with E-state index in [-0.39, 0.29) is 6.61 Å². The summed E-state index contributed by atoms with van der Waals surface area (Å²) in [6.45, 7) is 1.19. The summed E-state index contributed by atoms with van der Waals surface area (Å²) < 4.78 is 4.11. The molecular formula is C9H17N3OS3. The lowest BCUT2D eigenvalue weighted by atomic mass is 10.5. The van der Waals surface area contributed by atoms with Crippen LogP contribution in [0.5, 0.6) is 0 Å². The van der Waals surface area contributed by atoms with Gasteiger partial charge in [0.1, 0.15) is 5.00 Å². The summed E-state index contributed by atoms with van der Waals surface area (Å²) in [4.78, 5) is 1.05. The lowest BCUT2D eigenvalue weighted by Gasteiger charge is -2.04. The van der Waals surface area contributed by atoms with Crippen LogP contribution in [0.4, 0.5) is 10.8 Å². The van der Waals surface area contributed by atoms with Crippen molar-refractivity contribution in [2.45, 2.75) is 11.3 Å². The lowest BCUT2D eigenvalue weighted by molar-refractivity contribution is 0.296. The first-order chi connectivity index (χ1) is 7.79. The number of nitrogens with two attached hydrogens (primary N) is 1. The number of anilines is 2. The Balaban J connectivity index is 2.21. The number of hydrogen-bond acceptors (Lipinski definition) is 7. The fraction of sp³-hybridized carbons (Fsp3) is 0.667. The van der Waals surface area contributed by atoms with E-state index in [1.165, 1.54) is 11.5 Å². The van der Waals surface area contributed by atoms with Gasteiger partial charge in [-0.25, -0.2) is 0 Å². The van der Waals surface area contributed by atoms with Gasteiger partial charge in [-0.3, -0.25) is 0 Å². The number of aromatic nitrogens is 1. The van der Waals surface area contributed by atoms with E-state index in [9.17, 15) is 0 Å². The molecule has 0 saturated carbocycles. The molecule has 0 aliphatic rings. The molecule has 0 amide bonds. The minimum absolute atomic E-state index is 0.280. The van der Waals surface area contributed by atoms with Gasteiger partial charge in [0.15, 0.2) is 5.82 Å². The molecule has 92 valence electrons. The second-order valence-electron chi connectivity index (χ2n) is 3.05. The first-order valence-electron chi connectivity index (χ1n) is 5.01. The van der Waals surface area contributed by atoms with Crippen LogP contribution in [0.1, 0.15) is 6.42 Å². The highest BCUT2D eigenvalue weighted by atomic mass is 32.2. The van der Waals surface area contributed by atoms with Gasteiger partial charge < -0.3 is 16.2 Å². The van der Waals surface area contributed by atoms with Crippen molar-refractivity contribution in [1.82, 2.24) is 4.37 Å². The number of nitrogens with zero attached hydrogens (tertiary/aromatic N) is 1. The van der Waals surface area contributed by atoms with Gasteiger partial charge in [0.2, 0.25) is 0 Å². The van der Waals surface area contributed by atoms with Gasteiger partial charge in [-0.1, -0.05) is 0 Å². The third-order valence-corrected chi connectivity index (χ3v) is 4.70. The molecule has 0 aliphatic heterocycles. The van der Waals surface area contributed by atoms with Crippen LogP contribution in [0.25, 0.3) is 0 Å². The van der Waals surface area contributed by atoms with Gasteiger partial charge in [0.25, 0.3) is 0 Å². The van der Waals surface area contributed by atoms with Crippen LogP contribution in [-0.4, -0.2) is 40.4 Å². The Labute approximate surface area is 109 Å². The maximum absolute atomic E-state index is 8.62. The number of nitrogen functional groups attached to an aromatic ring is 1. The first-order valence-corrected chi connectivity index (χ1v) is 8.16. The Hall–Kier alpha value is -0.110. The highest BCUT2D eigenvalue weighted by molar-refractivity contribution is 7.99. The Kier molecular flexibility index (Phi) is 7.02. The van der Waals surface area contributed by atoms with Crippen molar-refractivity contribution < 1.29 is 5.11 Å². The average Bonchev–Trinajstić information content (AvgIpc) is 2.64. The zero-order valence-electron chi connectivity index (χ0n) is 9.23. The molecule has 4 nitrogen and oxygen atoms in total. The molecule has 16 heavy (non-hydrogen) atoms. The van der Waals surface area contributed by atoms with Crippen molar-refractivity contribution in [3.63, 3.8) is 0 Å². The fourth-order valence-corrected chi connectivity index (χ4v) is 3.46. The van der Waals surface area contributed by atoms with Crippen molar-refractivity contribution in [2.24, 2.45) is 0 Å². The maximum atomic E-state index is 8.62. The van der Waals surface area contributed by atoms with Crippen LogP contribution in [0.15, 0.2) is 4.90 Å². The van der Waals surface area contributed by atoms with Crippen molar-refractivity contribution in [3.8, 4) is 0 Å². The molecule has 4 N–H and O–H groups in total. The number of hydrogen-bond donors (Lipinski definition) is 3. The third kappa shape index (κ3) is 4.40. The third-order valence-electron chi connectivity index (χ3n) is 1.86. The van der Waals surface area contributed by atoms with Gasteiger partial charge in [0, 0.05) is 18.9 Å². The largest absolute Gasteiger partial charge is 0.396 e. The summed E-state index contributed by atoms with van der Waals surface area (Å²) in [7, 11) is 0. The molecular weight excluding hydrogens is 262 g/mol. The summed E-state index contributed by atoms with van der Waals surface area (Å²) >= 11 is 4.88. The summed E-state index contributed by atoms with van der Waals surface area (Å²) in [6, 6.07) is 0. The van der Waals surface area contributed by atoms with Crippen LogP contribution in [0.3, 0.4) is 0 Å². The zero-order chi connectivity index (χ0) is 11.8. The van der Waals surface area contributed by atoms with E-state index in [1.807, 2.05) is 18.0 Å². The fourth-order valence-electron chi connectivity index (χ4n) is 1.11. The minimum atomic E-state index is 0.280. The molecule has 0 aliphatic carbocycles. The summed E-state index contributed by atoms with van der Waals surface area (Å²) in [5, 5.41) is 13.0. The molecule has 1 rings (SSSR count). The van der Waals surface area contributed by atoms with Crippen molar-refractivity contribution >= 4 is 45.9 Å². The lowest BCUT2D eigenvalue weighted by Crippen LogP contribution is -2.04. The average molecular weight is 279 g/mol. The molecule has 7 heteroatoms. The molecule has 1 aromatic heterocycles. The van der Waals surface area contributed by atoms with E-state index in [1.54, 1.807) is 11.8 Å². The van der Waals surface area contributed by atoms with Crippen LogP contribution < -0.4 is 11.1 Å². The monoisotopic (exact) mass is 279 g/mol. The Morgan fingerprint density at radius 3 is 3.00 bits per heavy atom. The van der Waals surface area contributed by atoms with Crippen LogP contribution in [-0.2, 0) is 0 Å². The van der Waals surface area contributed by atoms with E-state index in [4.69, 9.17) is 10.8 Å². The number of rotatable bonds is 8. The molecule has 0 fully saturated rings. The normalized spacial score (nSPS) is 10.6. The quantitative estimate of drug-likeness (QED) is 0.499. The van der Waals surface area contributed by atoms with Gasteiger partial charge in [-0.2, -0.15) is 16.1 Å². The highest BCUT2D eigenvalue weighted by Crippen LogP contribution is 2.34. The zero-order valence-corrected chi connectivity index (χ0v) is 11.7. The van der Waals surface area contributed by atoms with Crippen LogP contribution >= 0.6 is 35.1 Å². The standard InChI is InChI=1S/C9H17N3OS3/c1-14-7-8(10)12-16-9(7)11-3-6-15-5-2-4-13/h11,13H,2-6H2,1H3,(H2,10,12). The summed E-state index contributed by atoms with van der Waals surface area (Å²) in [5.41, 5.74) is 5.73. The number of thioether (sulfide) groups is 2. The van der Waals surface area contributed by atoms with Crippen molar-refractivity contribution in [2.75, 3.05) is 42.0 Å². The van der Waals surface area contributed by atoms with E-state index in [2.05, 4.69) is 9.69 Å². The smallest absolute Gasteiger partial charge is 0.153 e. The predicted octanol–water partition coefficient (Wildman–Crippen LogP) is 1.97. The maximum Gasteiger partial charge on any atom is 0.153 e. The molecule has 1 heterocycles. The molecule has 0 unspecified atom stereocenters. The van der Waals surface area contributed by atoms with E-state index >= 15 is 0 Å². The Morgan fingerprint density at radius 2 is 2.31 bits per heavy atom. The molecule has 0 spiro atoms.